The number of carbonyl (C=O) groups is 1. The fourth-order valence-electron chi connectivity index (χ4n) is 3.14. The van der Waals surface area contributed by atoms with Crippen molar-refractivity contribution >= 4 is 5.97 Å². The zero-order valence-electron chi connectivity index (χ0n) is 10.4. The lowest BCUT2D eigenvalue weighted by Crippen LogP contribution is -2.15. The molecule has 3 rings (SSSR count). The Balaban J connectivity index is 1.47. The molecule has 2 heteroatoms. The molecule has 1 aromatic rings. The Morgan fingerprint density at radius 3 is 2.67 bits per heavy atom. The molecular formula is C16H18O2. The largest absolute Gasteiger partial charge is 0.461 e. The zero-order valence-corrected chi connectivity index (χ0v) is 10.4. The number of esters is 1. The van der Waals surface area contributed by atoms with Crippen molar-refractivity contribution in [2.75, 3.05) is 0 Å². The molecule has 0 saturated heterocycles. The number of allylic oxidation sites excluding steroid dienone is 2. The molecule has 2 nitrogen and oxygen atoms in total. The predicted octanol–water partition coefficient (Wildman–Crippen LogP) is 3.33. The van der Waals surface area contributed by atoms with Crippen LogP contribution in [0.15, 0.2) is 42.5 Å². The van der Waals surface area contributed by atoms with Crippen LogP contribution in [0.1, 0.15) is 24.8 Å². The molecule has 1 saturated carbocycles. The van der Waals surface area contributed by atoms with Gasteiger partial charge >= 0.3 is 5.97 Å². The quantitative estimate of drug-likeness (QED) is 0.598. The van der Waals surface area contributed by atoms with E-state index in [0.29, 0.717) is 24.9 Å². The van der Waals surface area contributed by atoms with Gasteiger partial charge in [0.1, 0.15) is 6.61 Å². The van der Waals surface area contributed by atoms with E-state index in [4.69, 9.17) is 4.74 Å². The summed E-state index contributed by atoms with van der Waals surface area (Å²) in [7, 11) is 0. The van der Waals surface area contributed by atoms with Crippen LogP contribution in [0, 0.1) is 17.8 Å². The van der Waals surface area contributed by atoms with E-state index in [0.717, 1.165) is 11.5 Å². The Labute approximate surface area is 108 Å². The van der Waals surface area contributed by atoms with Gasteiger partial charge in [0, 0.05) is 6.42 Å². The van der Waals surface area contributed by atoms with Crippen LogP contribution in [0.3, 0.4) is 0 Å². The number of rotatable bonds is 4. The molecule has 2 bridgehead atoms. The summed E-state index contributed by atoms with van der Waals surface area (Å²) in [4.78, 5) is 11.8. The van der Waals surface area contributed by atoms with Gasteiger partial charge in [0.05, 0.1) is 0 Å². The summed E-state index contributed by atoms with van der Waals surface area (Å²) in [6.45, 7) is 0.399. The molecule has 94 valence electrons. The van der Waals surface area contributed by atoms with Crippen molar-refractivity contribution in [2.45, 2.75) is 25.9 Å². The smallest absolute Gasteiger partial charge is 0.306 e. The summed E-state index contributed by atoms with van der Waals surface area (Å²) < 4.78 is 5.33. The third kappa shape index (κ3) is 2.47. The molecule has 0 aliphatic heterocycles. The third-order valence-electron chi connectivity index (χ3n) is 4.09. The van der Waals surface area contributed by atoms with Crippen LogP contribution < -0.4 is 0 Å². The second-order valence-corrected chi connectivity index (χ2v) is 5.39. The monoisotopic (exact) mass is 242 g/mol. The van der Waals surface area contributed by atoms with Crippen molar-refractivity contribution in [1.82, 2.24) is 0 Å². The summed E-state index contributed by atoms with van der Waals surface area (Å²) in [6.07, 6.45) is 7.58. The maximum absolute atomic E-state index is 11.8. The van der Waals surface area contributed by atoms with E-state index in [1.54, 1.807) is 0 Å². The SMILES string of the molecule is O=C(CC1CC2C=CC1C2)OCc1ccccc1. The molecule has 1 aromatic carbocycles. The van der Waals surface area contributed by atoms with Crippen LogP contribution in [0.5, 0.6) is 0 Å². The molecule has 0 spiro atoms. The summed E-state index contributed by atoms with van der Waals surface area (Å²) in [5.74, 6) is 1.81. The lowest BCUT2D eigenvalue weighted by molar-refractivity contribution is -0.146. The van der Waals surface area contributed by atoms with E-state index in [-0.39, 0.29) is 5.97 Å². The van der Waals surface area contributed by atoms with Crippen LogP contribution in [0.25, 0.3) is 0 Å². The van der Waals surface area contributed by atoms with Crippen molar-refractivity contribution in [3.63, 3.8) is 0 Å². The maximum atomic E-state index is 11.8. The lowest BCUT2D eigenvalue weighted by atomic mass is 9.91. The summed E-state index contributed by atoms with van der Waals surface area (Å²) in [6, 6.07) is 9.85. The number of benzene rings is 1. The van der Waals surface area contributed by atoms with Gasteiger partial charge in [0.2, 0.25) is 0 Å². The third-order valence-corrected chi connectivity index (χ3v) is 4.09. The first-order valence-corrected chi connectivity index (χ1v) is 6.69. The van der Waals surface area contributed by atoms with E-state index in [1.807, 2.05) is 30.3 Å². The molecule has 0 amide bonds. The van der Waals surface area contributed by atoms with Crippen LogP contribution >= 0.6 is 0 Å². The first-order valence-electron chi connectivity index (χ1n) is 6.69. The summed E-state index contributed by atoms with van der Waals surface area (Å²) in [5.41, 5.74) is 1.05. The van der Waals surface area contributed by atoms with Crippen molar-refractivity contribution < 1.29 is 9.53 Å². The first-order chi connectivity index (χ1) is 8.81. The molecule has 1 fully saturated rings. The summed E-state index contributed by atoms with van der Waals surface area (Å²) >= 11 is 0. The van der Waals surface area contributed by atoms with Crippen molar-refractivity contribution in [3.05, 3.63) is 48.0 Å². The second-order valence-electron chi connectivity index (χ2n) is 5.39. The normalized spacial score (nSPS) is 28.6. The Bertz CT molecular complexity index is 449. The van der Waals surface area contributed by atoms with Gasteiger partial charge in [0.15, 0.2) is 0 Å². The average molecular weight is 242 g/mol. The van der Waals surface area contributed by atoms with E-state index in [2.05, 4.69) is 12.2 Å². The highest BCUT2D eigenvalue weighted by Crippen LogP contribution is 2.44. The Morgan fingerprint density at radius 1 is 1.17 bits per heavy atom. The van der Waals surface area contributed by atoms with E-state index >= 15 is 0 Å². The van der Waals surface area contributed by atoms with E-state index in [9.17, 15) is 4.79 Å². The van der Waals surface area contributed by atoms with Crippen LogP contribution in [0.4, 0.5) is 0 Å². The molecule has 18 heavy (non-hydrogen) atoms. The molecule has 2 aliphatic rings. The number of fused-ring (bicyclic) bond motifs is 2. The van der Waals surface area contributed by atoms with E-state index < -0.39 is 0 Å². The van der Waals surface area contributed by atoms with Crippen molar-refractivity contribution in [1.29, 1.82) is 0 Å². The van der Waals surface area contributed by atoms with Crippen molar-refractivity contribution in [3.8, 4) is 0 Å². The van der Waals surface area contributed by atoms with Crippen LogP contribution in [-0.2, 0) is 16.1 Å². The second kappa shape index (κ2) is 4.97. The van der Waals surface area contributed by atoms with Gasteiger partial charge in [-0.3, -0.25) is 4.79 Å². The standard InChI is InChI=1S/C16H18O2/c17-16(18-11-12-4-2-1-3-5-12)10-15-9-13-6-7-14(15)8-13/h1-7,13-15H,8-11H2. The summed E-state index contributed by atoms with van der Waals surface area (Å²) in [5, 5.41) is 0. The fraction of sp³-hybridized carbons (Fsp3) is 0.438. The van der Waals surface area contributed by atoms with Crippen LogP contribution in [0.2, 0.25) is 0 Å². The Morgan fingerprint density at radius 2 is 2.00 bits per heavy atom. The van der Waals surface area contributed by atoms with Gasteiger partial charge in [-0.15, -0.1) is 0 Å². The molecule has 0 heterocycles. The minimum absolute atomic E-state index is 0.0511. The molecular weight excluding hydrogens is 224 g/mol. The molecule has 3 atom stereocenters. The number of hydrogen-bond acceptors (Lipinski definition) is 2. The minimum Gasteiger partial charge on any atom is -0.461 e. The van der Waals surface area contributed by atoms with Gasteiger partial charge in [0.25, 0.3) is 0 Å². The highest BCUT2D eigenvalue weighted by Gasteiger charge is 2.36. The highest BCUT2D eigenvalue weighted by atomic mass is 16.5. The molecule has 0 aromatic heterocycles. The van der Waals surface area contributed by atoms with Gasteiger partial charge in [-0.25, -0.2) is 0 Å². The zero-order chi connectivity index (χ0) is 12.4. The van der Waals surface area contributed by atoms with Gasteiger partial charge < -0.3 is 4.74 Å². The van der Waals surface area contributed by atoms with Gasteiger partial charge in [-0.05, 0) is 36.2 Å². The lowest BCUT2D eigenvalue weighted by Gasteiger charge is -2.16. The van der Waals surface area contributed by atoms with Crippen molar-refractivity contribution in [2.24, 2.45) is 17.8 Å². The number of ether oxygens (including phenoxy) is 1. The Kier molecular flexibility index (Phi) is 3.18. The maximum Gasteiger partial charge on any atom is 0.306 e. The average Bonchev–Trinajstić information content (AvgIpc) is 3.00. The van der Waals surface area contributed by atoms with Gasteiger partial charge in [-0.2, -0.15) is 0 Å². The van der Waals surface area contributed by atoms with Gasteiger partial charge in [-0.1, -0.05) is 42.5 Å². The van der Waals surface area contributed by atoms with E-state index in [1.165, 1.54) is 12.8 Å². The minimum atomic E-state index is -0.0511. The number of carbonyl (C=O) groups excluding carboxylic acids is 1. The molecule has 0 N–H and O–H groups in total. The molecule has 0 radical (unpaired) electrons. The number of hydrogen-bond donors (Lipinski definition) is 0. The van der Waals surface area contributed by atoms with Crippen LogP contribution in [-0.4, -0.2) is 5.97 Å². The Hall–Kier alpha value is -1.57. The molecule has 3 unspecified atom stereocenters. The topological polar surface area (TPSA) is 26.3 Å². The fourth-order valence-corrected chi connectivity index (χ4v) is 3.14. The first kappa shape index (κ1) is 11.5. The molecule has 2 aliphatic carbocycles. The predicted molar refractivity (Wildman–Crippen MR) is 69.7 cm³/mol. The highest BCUT2D eigenvalue weighted by molar-refractivity contribution is 5.69.